The molecule has 0 spiro atoms. The summed E-state index contributed by atoms with van der Waals surface area (Å²) in [5, 5.41) is 4.02. The SMILES string of the molecule is CC(C)NC(C(N)=O)c1ccc(Cl)cc1Cl. The number of hydrogen-bond acceptors (Lipinski definition) is 2. The van der Waals surface area contributed by atoms with Crippen LogP contribution in [0.15, 0.2) is 18.2 Å². The van der Waals surface area contributed by atoms with E-state index >= 15 is 0 Å². The van der Waals surface area contributed by atoms with E-state index in [1.165, 1.54) is 0 Å². The molecule has 1 rings (SSSR count). The molecule has 3 nitrogen and oxygen atoms in total. The number of amides is 1. The standard InChI is InChI=1S/C11H14Cl2N2O/c1-6(2)15-10(11(14)16)8-4-3-7(12)5-9(8)13/h3-6,10,15H,1-2H3,(H2,14,16). The van der Waals surface area contributed by atoms with Gasteiger partial charge >= 0.3 is 0 Å². The van der Waals surface area contributed by atoms with Crippen LogP contribution < -0.4 is 11.1 Å². The minimum Gasteiger partial charge on any atom is -0.368 e. The van der Waals surface area contributed by atoms with Crippen LogP contribution in [0.5, 0.6) is 0 Å². The highest BCUT2D eigenvalue weighted by atomic mass is 35.5. The zero-order valence-electron chi connectivity index (χ0n) is 9.13. The maximum Gasteiger partial charge on any atom is 0.239 e. The van der Waals surface area contributed by atoms with Gasteiger partial charge in [-0.15, -0.1) is 0 Å². The summed E-state index contributed by atoms with van der Waals surface area (Å²) in [6, 6.07) is 4.51. The van der Waals surface area contributed by atoms with Crippen LogP contribution in [-0.4, -0.2) is 11.9 Å². The Morgan fingerprint density at radius 3 is 2.44 bits per heavy atom. The molecular formula is C11H14Cl2N2O. The van der Waals surface area contributed by atoms with Gasteiger partial charge in [0.15, 0.2) is 0 Å². The Morgan fingerprint density at radius 2 is 2.00 bits per heavy atom. The van der Waals surface area contributed by atoms with Gasteiger partial charge in [0.1, 0.15) is 6.04 Å². The van der Waals surface area contributed by atoms with Crippen molar-refractivity contribution in [3.8, 4) is 0 Å². The Morgan fingerprint density at radius 1 is 1.38 bits per heavy atom. The number of nitrogens with one attached hydrogen (secondary N) is 1. The van der Waals surface area contributed by atoms with Crippen LogP contribution in [0.3, 0.4) is 0 Å². The minimum atomic E-state index is -0.593. The van der Waals surface area contributed by atoms with Crippen molar-refractivity contribution in [3.05, 3.63) is 33.8 Å². The predicted octanol–water partition coefficient (Wildman–Crippen LogP) is 2.52. The van der Waals surface area contributed by atoms with Gasteiger partial charge in [0.2, 0.25) is 5.91 Å². The van der Waals surface area contributed by atoms with E-state index < -0.39 is 11.9 Å². The van der Waals surface area contributed by atoms with Crippen LogP contribution in [0.25, 0.3) is 0 Å². The molecule has 0 aliphatic heterocycles. The van der Waals surface area contributed by atoms with E-state index in [4.69, 9.17) is 28.9 Å². The summed E-state index contributed by atoms with van der Waals surface area (Å²) in [7, 11) is 0. The molecule has 1 unspecified atom stereocenters. The third kappa shape index (κ3) is 3.37. The zero-order chi connectivity index (χ0) is 12.3. The molecule has 0 aliphatic carbocycles. The molecule has 88 valence electrons. The summed E-state index contributed by atoms with van der Waals surface area (Å²) in [6.07, 6.45) is 0. The average Bonchev–Trinajstić information content (AvgIpc) is 2.14. The maximum absolute atomic E-state index is 11.3. The van der Waals surface area contributed by atoms with Gasteiger partial charge in [0, 0.05) is 16.1 Å². The topological polar surface area (TPSA) is 55.1 Å². The number of halogens is 2. The van der Waals surface area contributed by atoms with E-state index in [1.54, 1.807) is 18.2 Å². The van der Waals surface area contributed by atoms with Crippen molar-refractivity contribution in [2.45, 2.75) is 25.9 Å². The molecule has 1 aromatic carbocycles. The zero-order valence-corrected chi connectivity index (χ0v) is 10.6. The molecule has 0 aromatic heterocycles. The van der Waals surface area contributed by atoms with Gasteiger partial charge in [-0.1, -0.05) is 29.3 Å². The summed E-state index contributed by atoms with van der Waals surface area (Å²) < 4.78 is 0. The van der Waals surface area contributed by atoms with Crippen molar-refractivity contribution >= 4 is 29.1 Å². The molecule has 0 saturated carbocycles. The number of carbonyl (C=O) groups excluding carboxylic acids is 1. The van der Waals surface area contributed by atoms with E-state index in [1.807, 2.05) is 13.8 Å². The van der Waals surface area contributed by atoms with Crippen LogP contribution >= 0.6 is 23.2 Å². The third-order valence-electron chi connectivity index (χ3n) is 2.06. The normalized spacial score (nSPS) is 12.8. The Hall–Kier alpha value is -0.770. The lowest BCUT2D eigenvalue weighted by molar-refractivity contribution is -0.120. The van der Waals surface area contributed by atoms with Crippen molar-refractivity contribution < 1.29 is 4.79 Å². The van der Waals surface area contributed by atoms with E-state index in [0.29, 0.717) is 15.6 Å². The van der Waals surface area contributed by atoms with Gasteiger partial charge in [-0.3, -0.25) is 10.1 Å². The first-order valence-corrected chi connectivity index (χ1v) is 5.67. The van der Waals surface area contributed by atoms with Crippen LogP contribution in [0, 0.1) is 0 Å². The first-order valence-electron chi connectivity index (χ1n) is 4.92. The highest BCUT2D eigenvalue weighted by Crippen LogP contribution is 2.26. The van der Waals surface area contributed by atoms with Crippen LogP contribution in [0.2, 0.25) is 10.0 Å². The van der Waals surface area contributed by atoms with Crippen molar-refractivity contribution in [2.75, 3.05) is 0 Å². The van der Waals surface area contributed by atoms with Crippen LogP contribution in [-0.2, 0) is 4.79 Å². The largest absolute Gasteiger partial charge is 0.368 e. The highest BCUT2D eigenvalue weighted by Gasteiger charge is 2.20. The molecule has 0 aliphatic rings. The van der Waals surface area contributed by atoms with E-state index in [9.17, 15) is 4.79 Å². The van der Waals surface area contributed by atoms with Crippen molar-refractivity contribution in [1.82, 2.24) is 5.32 Å². The summed E-state index contributed by atoms with van der Waals surface area (Å²) in [4.78, 5) is 11.3. The quantitative estimate of drug-likeness (QED) is 0.874. The van der Waals surface area contributed by atoms with Crippen LogP contribution in [0.1, 0.15) is 25.5 Å². The molecule has 5 heteroatoms. The molecule has 1 aromatic rings. The lowest BCUT2D eigenvalue weighted by Gasteiger charge is -2.19. The lowest BCUT2D eigenvalue weighted by Crippen LogP contribution is -2.37. The summed E-state index contributed by atoms with van der Waals surface area (Å²) >= 11 is 11.8. The van der Waals surface area contributed by atoms with Crippen molar-refractivity contribution in [2.24, 2.45) is 5.73 Å². The highest BCUT2D eigenvalue weighted by molar-refractivity contribution is 6.35. The first-order chi connectivity index (χ1) is 7.41. The number of carbonyl (C=O) groups is 1. The van der Waals surface area contributed by atoms with Crippen LogP contribution in [0.4, 0.5) is 0 Å². The van der Waals surface area contributed by atoms with E-state index in [2.05, 4.69) is 5.32 Å². The van der Waals surface area contributed by atoms with Gasteiger partial charge in [0.25, 0.3) is 0 Å². The summed E-state index contributed by atoms with van der Waals surface area (Å²) in [5.41, 5.74) is 5.98. The Bertz CT molecular complexity index is 394. The average molecular weight is 261 g/mol. The fourth-order valence-corrected chi connectivity index (χ4v) is 1.91. The Labute approximate surface area is 105 Å². The molecule has 1 atom stereocenters. The van der Waals surface area contributed by atoms with E-state index in [-0.39, 0.29) is 6.04 Å². The molecule has 0 radical (unpaired) electrons. The molecular weight excluding hydrogens is 247 g/mol. The fourth-order valence-electron chi connectivity index (χ4n) is 1.39. The molecule has 0 saturated heterocycles. The number of rotatable bonds is 4. The molecule has 16 heavy (non-hydrogen) atoms. The summed E-state index contributed by atoms with van der Waals surface area (Å²) in [6.45, 7) is 3.86. The van der Waals surface area contributed by atoms with Gasteiger partial charge < -0.3 is 5.73 Å². The summed E-state index contributed by atoms with van der Waals surface area (Å²) in [5.74, 6) is -0.460. The minimum absolute atomic E-state index is 0.129. The predicted molar refractivity (Wildman–Crippen MR) is 66.7 cm³/mol. The molecule has 0 bridgehead atoms. The van der Waals surface area contributed by atoms with Crippen molar-refractivity contribution in [1.29, 1.82) is 0 Å². The molecule has 1 amide bonds. The number of nitrogens with two attached hydrogens (primary N) is 1. The van der Waals surface area contributed by atoms with Gasteiger partial charge in [-0.25, -0.2) is 0 Å². The first kappa shape index (κ1) is 13.3. The Kier molecular flexibility index (Phi) is 4.59. The second kappa shape index (κ2) is 5.53. The third-order valence-corrected chi connectivity index (χ3v) is 2.62. The second-order valence-corrected chi connectivity index (χ2v) is 4.67. The molecule has 0 fully saturated rings. The number of hydrogen-bond donors (Lipinski definition) is 2. The smallest absolute Gasteiger partial charge is 0.239 e. The van der Waals surface area contributed by atoms with Gasteiger partial charge in [-0.05, 0) is 31.5 Å². The molecule has 0 heterocycles. The fraction of sp³-hybridized carbons (Fsp3) is 0.364. The number of primary amides is 1. The van der Waals surface area contributed by atoms with Crippen molar-refractivity contribution in [3.63, 3.8) is 0 Å². The maximum atomic E-state index is 11.3. The van der Waals surface area contributed by atoms with Gasteiger partial charge in [0.05, 0.1) is 0 Å². The molecule has 3 N–H and O–H groups in total. The lowest BCUT2D eigenvalue weighted by atomic mass is 10.1. The number of benzene rings is 1. The van der Waals surface area contributed by atoms with E-state index in [0.717, 1.165) is 0 Å². The monoisotopic (exact) mass is 260 g/mol. The van der Waals surface area contributed by atoms with Gasteiger partial charge in [-0.2, -0.15) is 0 Å². The Balaban J connectivity index is 3.06. The second-order valence-electron chi connectivity index (χ2n) is 3.82.